The zero-order valence-corrected chi connectivity index (χ0v) is 10.9. The molecule has 18 heavy (non-hydrogen) atoms. The summed E-state index contributed by atoms with van der Waals surface area (Å²) in [5.74, 6) is 0. The molecule has 1 unspecified atom stereocenters. The average Bonchev–Trinajstić information content (AvgIpc) is 2.99. The topological polar surface area (TPSA) is 36.3 Å². The first kappa shape index (κ1) is 6.10. The number of aromatic nitrogens is 2. The summed E-state index contributed by atoms with van der Waals surface area (Å²) in [7, 11) is -0.962. The van der Waals surface area contributed by atoms with Gasteiger partial charge in [0.1, 0.15) is 0 Å². The summed E-state index contributed by atoms with van der Waals surface area (Å²) in [6.07, 6.45) is -2.35. The van der Waals surface area contributed by atoms with Gasteiger partial charge < -0.3 is 9.31 Å². The maximum atomic E-state index is 8.33. The third kappa shape index (κ3) is 2.21. The van der Waals surface area contributed by atoms with Gasteiger partial charge in [-0.15, -0.1) is 0 Å². The lowest BCUT2D eigenvalue weighted by molar-refractivity contribution is 0.00578. The van der Waals surface area contributed by atoms with Crippen LogP contribution in [-0.2, 0) is 9.31 Å². The minimum Gasteiger partial charge on any atom is -0.398 e. The van der Waals surface area contributed by atoms with Crippen LogP contribution in [0.4, 0.5) is 0 Å². The number of hydrogen-bond acceptors (Lipinski definition) is 3. The van der Waals surface area contributed by atoms with E-state index >= 15 is 0 Å². The Hall–Kier alpha value is -0.805. The molecule has 0 aliphatic carbocycles. The summed E-state index contributed by atoms with van der Waals surface area (Å²) in [5, 5.41) is 3.97. The van der Waals surface area contributed by atoms with E-state index in [1.165, 1.54) is 6.07 Å². The highest BCUT2D eigenvalue weighted by atomic mass is 16.7. The quantitative estimate of drug-likeness (QED) is 0.780. The molecule has 1 aliphatic heterocycles. The van der Waals surface area contributed by atoms with Crippen LogP contribution in [0.2, 0.25) is 0 Å². The van der Waals surface area contributed by atoms with Gasteiger partial charge in [0, 0.05) is 23.2 Å². The van der Waals surface area contributed by atoms with Crippen molar-refractivity contribution in [2.24, 2.45) is 0 Å². The third-order valence-corrected chi connectivity index (χ3v) is 3.45. The molecule has 2 rings (SSSR count). The van der Waals surface area contributed by atoms with Gasteiger partial charge in [0.15, 0.2) is 0 Å². The summed E-state index contributed by atoms with van der Waals surface area (Å²) in [4.78, 5) is 0. The van der Waals surface area contributed by atoms with Crippen LogP contribution in [0, 0.1) is 0 Å². The molecule has 1 aromatic heterocycles. The molecule has 0 radical (unpaired) electrons. The van der Waals surface area contributed by atoms with Gasteiger partial charge in [-0.1, -0.05) is 6.85 Å². The summed E-state index contributed by atoms with van der Waals surface area (Å²) < 4.78 is 81.4. The Balaban J connectivity index is 2.51. The second kappa shape index (κ2) is 4.39. The van der Waals surface area contributed by atoms with Gasteiger partial charge >= 0.3 is 7.12 Å². The van der Waals surface area contributed by atoms with E-state index in [0.29, 0.717) is 4.68 Å². The van der Waals surface area contributed by atoms with Gasteiger partial charge in [-0.3, -0.25) is 4.68 Å². The molecule has 1 aliphatic rings. The lowest BCUT2D eigenvalue weighted by Gasteiger charge is -2.32. The molecule has 1 saturated heterocycles. The molecule has 1 atom stereocenters. The second-order valence-corrected chi connectivity index (χ2v) is 5.25. The zero-order chi connectivity index (χ0) is 21.3. The standard InChI is InChI=1S/C13H23BN2O2/c1-7-10(2)16-9-8-11(15-16)14-17-12(3,4)13(5,6)18-14/h8-10H,7H2,1-6H3/i1D3,2D3,7D2,10D. The smallest absolute Gasteiger partial charge is 0.398 e. The van der Waals surface area contributed by atoms with Crippen molar-refractivity contribution in [2.75, 3.05) is 0 Å². The predicted octanol–water partition coefficient (Wildman–Crippen LogP) is 2.15. The highest BCUT2D eigenvalue weighted by Gasteiger charge is 2.52. The molecule has 0 bridgehead atoms. The van der Waals surface area contributed by atoms with Crippen molar-refractivity contribution in [1.29, 1.82) is 0 Å². The van der Waals surface area contributed by atoms with Gasteiger partial charge in [-0.05, 0) is 47.0 Å². The number of hydrogen-bond donors (Lipinski definition) is 0. The Labute approximate surface area is 122 Å². The molecule has 4 nitrogen and oxygen atoms in total. The van der Waals surface area contributed by atoms with Crippen LogP contribution < -0.4 is 5.59 Å². The lowest BCUT2D eigenvalue weighted by atomic mass is 9.85. The first-order valence-corrected chi connectivity index (χ1v) is 5.70. The van der Waals surface area contributed by atoms with Crippen molar-refractivity contribution in [3.63, 3.8) is 0 Å². The van der Waals surface area contributed by atoms with E-state index in [0.717, 1.165) is 6.20 Å². The molecule has 0 saturated carbocycles. The summed E-state index contributed by atoms with van der Waals surface area (Å²) in [6, 6.07) is -1.86. The van der Waals surface area contributed by atoms with Crippen LogP contribution in [-0.4, -0.2) is 28.1 Å². The Bertz CT molecular complexity index is 697. The summed E-state index contributed by atoms with van der Waals surface area (Å²) in [5.41, 5.74) is -1.25. The van der Waals surface area contributed by atoms with Crippen LogP contribution in [0.3, 0.4) is 0 Å². The third-order valence-electron chi connectivity index (χ3n) is 3.45. The van der Waals surface area contributed by atoms with Gasteiger partial charge in [0.05, 0.1) is 18.2 Å². The van der Waals surface area contributed by atoms with E-state index in [9.17, 15) is 0 Å². The van der Waals surface area contributed by atoms with Crippen molar-refractivity contribution in [3.8, 4) is 0 Å². The zero-order valence-electron chi connectivity index (χ0n) is 19.9. The molecular weight excluding hydrogens is 227 g/mol. The summed E-state index contributed by atoms with van der Waals surface area (Å²) in [6.45, 7) is 0.579. The fourth-order valence-corrected chi connectivity index (χ4v) is 1.61. The molecular formula is C13H23BN2O2. The van der Waals surface area contributed by atoms with E-state index in [4.69, 9.17) is 21.6 Å². The van der Waals surface area contributed by atoms with Crippen molar-refractivity contribution in [1.82, 2.24) is 9.78 Å². The van der Waals surface area contributed by atoms with E-state index in [1.54, 1.807) is 0 Å². The van der Waals surface area contributed by atoms with Crippen molar-refractivity contribution < 1.29 is 21.6 Å². The van der Waals surface area contributed by atoms with E-state index in [2.05, 4.69) is 5.10 Å². The van der Waals surface area contributed by atoms with Crippen molar-refractivity contribution in [3.05, 3.63) is 12.3 Å². The predicted molar refractivity (Wildman–Crippen MR) is 72.9 cm³/mol. The largest absolute Gasteiger partial charge is 0.516 e. The fraction of sp³-hybridized carbons (Fsp3) is 0.769. The number of nitrogens with zero attached hydrogens (tertiary/aromatic N) is 2. The maximum absolute atomic E-state index is 8.33. The minimum atomic E-state index is -3.41. The maximum Gasteiger partial charge on any atom is 0.516 e. The molecule has 2 heterocycles. The van der Waals surface area contributed by atoms with Crippen LogP contribution in [0.25, 0.3) is 0 Å². The Morgan fingerprint density at radius 3 is 2.72 bits per heavy atom. The van der Waals surface area contributed by atoms with Gasteiger partial charge in [-0.2, -0.15) is 5.10 Å². The molecule has 1 fully saturated rings. The lowest BCUT2D eigenvalue weighted by Crippen LogP contribution is -2.41. The summed E-state index contributed by atoms with van der Waals surface area (Å²) >= 11 is 0. The molecule has 0 aromatic carbocycles. The first-order valence-electron chi connectivity index (χ1n) is 10.2. The highest BCUT2D eigenvalue weighted by molar-refractivity contribution is 6.61. The van der Waals surface area contributed by atoms with Gasteiger partial charge in [0.25, 0.3) is 0 Å². The average molecular weight is 259 g/mol. The Morgan fingerprint density at radius 1 is 1.50 bits per heavy atom. The SMILES string of the molecule is [2H]C([2H])([2H])C([2H])([2H])C([2H])(n1ccc(B2OC(C)(C)C(C)(C)O2)n1)C([2H])([2H])[2H]. The van der Waals surface area contributed by atoms with E-state index in [-0.39, 0.29) is 5.59 Å². The fourth-order valence-electron chi connectivity index (χ4n) is 1.61. The van der Waals surface area contributed by atoms with E-state index in [1.807, 2.05) is 27.7 Å². The highest BCUT2D eigenvalue weighted by Crippen LogP contribution is 2.36. The minimum absolute atomic E-state index is 0.121. The molecule has 1 aromatic rings. The molecule has 0 amide bonds. The Kier molecular flexibility index (Phi) is 1.49. The Morgan fingerprint density at radius 2 is 2.17 bits per heavy atom. The number of rotatable bonds is 3. The van der Waals surface area contributed by atoms with Crippen LogP contribution in [0.15, 0.2) is 12.3 Å². The molecule has 0 spiro atoms. The van der Waals surface area contributed by atoms with Crippen molar-refractivity contribution >= 4 is 12.7 Å². The van der Waals surface area contributed by atoms with Gasteiger partial charge in [-0.25, -0.2) is 0 Å². The first-order chi connectivity index (χ1) is 11.8. The van der Waals surface area contributed by atoms with Crippen LogP contribution in [0.1, 0.15) is 66.1 Å². The molecule has 0 N–H and O–H groups in total. The van der Waals surface area contributed by atoms with Gasteiger partial charge in [0.2, 0.25) is 0 Å². The molecule has 5 heteroatoms. The van der Waals surface area contributed by atoms with Crippen LogP contribution >= 0.6 is 0 Å². The van der Waals surface area contributed by atoms with Crippen LogP contribution in [0.5, 0.6) is 0 Å². The van der Waals surface area contributed by atoms with E-state index < -0.39 is 44.4 Å². The second-order valence-electron chi connectivity index (χ2n) is 5.25. The van der Waals surface area contributed by atoms with Crippen molar-refractivity contribution in [2.45, 2.75) is 65.0 Å². The monoisotopic (exact) mass is 259 g/mol. The normalized spacial score (nSPS) is 34.7. The molecule has 100 valence electrons.